The molecule has 2 aromatic heterocycles. The first kappa shape index (κ1) is 14.2. The van der Waals surface area contributed by atoms with Crippen LogP contribution in [-0.4, -0.2) is 15.8 Å². The van der Waals surface area contributed by atoms with E-state index >= 15 is 0 Å². The lowest BCUT2D eigenvalue weighted by molar-refractivity contribution is 0.104. The van der Waals surface area contributed by atoms with Crippen molar-refractivity contribution in [2.24, 2.45) is 0 Å². The van der Waals surface area contributed by atoms with Crippen molar-refractivity contribution in [3.05, 3.63) is 64.9 Å². The number of hydrogen-bond donors (Lipinski definition) is 2. The molecule has 3 N–H and O–H groups in total. The number of nitrogens with zero attached hydrogens (tertiary/aromatic N) is 2. The van der Waals surface area contributed by atoms with Crippen LogP contribution in [-0.2, 0) is 0 Å². The third kappa shape index (κ3) is 2.94. The van der Waals surface area contributed by atoms with Gasteiger partial charge in [0.1, 0.15) is 22.3 Å². The lowest BCUT2D eigenvalue weighted by atomic mass is 10.1. The smallest absolute Gasteiger partial charge is 0.206 e. The summed E-state index contributed by atoms with van der Waals surface area (Å²) in [5.41, 5.74) is 6.17. The number of nitrogens with one attached hydrogen (secondary N) is 1. The number of carbonyl (C=O) groups excluding carboxylic acids is 1. The number of nitrogens with two attached hydrogens (primary N) is 1. The number of anilines is 3. The van der Waals surface area contributed by atoms with Gasteiger partial charge in [-0.05, 0) is 36.4 Å². The normalized spacial score (nSPS) is 10.4. The Morgan fingerprint density at radius 1 is 1.18 bits per heavy atom. The van der Waals surface area contributed by atoms with E-state index in [9.17, 15) is 9.18 Å². The molecule has 0 radical (unpaired) electrons. The molecule has 0 aliphatic carbocycles. The highest BCUT2D eigenvalue weighted by Crippen LogP contribution is 2.29. The molecule has 5 nitrogen and oxygen atoms in total. The second-order valence-electron chi connectivity index (χ2n) is 4.41. The van der Waals surface area contributed by atoms with Gasteiger partial charge in [0.05, 0.1) is 0 Å². The summed E-state index contributed by atoms with van der Waals surface area (Å²) in [6, 6.07) is 10.7. The maximum absolute atomic E-state index is 12.9. The monoisotopic (exact) mass is 314 g/mol. The average Bonchev–Trinajstić information content (AvgIpc) is 2.89. The van der Waals surface area contributed by atoms with E-state index in [2.05, 4.69) is 15.3 Å². The standard InChI is InChI=1S/C15H11FN4OS/c16-10-6-4-9(5-7-10)12(21)13-14(17)20-15(22-13)19-11-3-1-2-8-18-11/h1-8H,17H2,(H,18,19,20). The van der Waals surface area contributed by atoms with Gasteiger partial charge in [0.25, 0.3) is 0 Å². The Kier molecular flexibility index (Phi) is 3.80. The Morgan fingerprint density at radius 3 is 2.64 bits per heavy atom. The van der Waals surface area contributed by atoms with Crippen molar-refractivity contribution in [2.45, 2.75) is 0 Å². The van der Waals surface area contributed by atoms with Gasteiger partial charge in [-0.1, -0.05) is 17.4 Å². The number of carbonyl (C=O) groups is 1. The van der Waals surface area contributed by atoms with Gasteiger partial charge in [-0.15, -0.1) is 0 Å². The van der Waals surface area contributed by atoms with Crippen LogP contribution in [0.25, 0.3) is 0 Å². The molecular weight excluding hydrogens is 303 g/mol. The second-order valence-corrected chi connectivity index (χ2v) is 5.41. The summed E-state index contributed by atoms with van der Waals surface area (Å²) in [4.78, 5) is 20.9. The molecule has 3 aromatic rings. The molecule has 2 heterocycles. The minimum Gasteiger partial charge on any atom is -0.382 e. The largest absolute Gasteiger partial charge is 0.382 e. The highest BCUT2D eigenvalue weighted by molar-refractivity contribution is 7.18. The Balaban J connectivity index is 1.86. The SMILES string of the molecule is Nc1nc(Nc2ccccn2)sc1C(=O)c1ccc(F)cc1. The number of aromatic nitrogens is 2. The lowest BCUT2D eigenvalue weighted by Gasteiger charge is -1.99. The van der Waals surface area contributed by atoms with Gasteiger partial charge < -0.3 is 11.1 Å². The molecule has 3 rings (SSSR count). The topological polar surface area (TPSA) is 80.9 Å². The first-order valence-electron chi connectivity index (χ1n) is 6.38. The predicted molar refractivity (Wildman–Crippen MR) is 83.9 cm³/mol. The summed E-state index contributed by atoms with van der Waals surface area (Å²) < 4.78 is 12.9. The third-order valence-corrected chi connectivity index (χ3v) is 3.85. The van der Waals surface area contributed by atoms with E-state index in [0.29, 0.717) is 21.4 Å². The number of hydrogen-bond acceptors (Lipinski definition) is 6. The minimum absolute atomic E-state index is 0.137. The molecule has 0 atom stereocenters. The summed E-state index contributed by atoms with van der Waals surface area (Å²) in [6.07, 6.45) is 1.64. The molecule has 0 unspecified atom stereocenters. The van der Waals surface area contributed by atoms with Crippen LogP contribution in [0.15, 0.2) is 48.7 Å². The summed E-state index contributed by atoms with van der Waals surface area (Å²) in [5, 5.41) is 3.46. The maximum Gasteiger partial charge on any atom is 0.206 e. The van der Waals surface area contributed by atoms with Crippen molar-refractivity contribution in [3.63, 3.8) is 0 Å². The summed E-state index contributed by atoms with van der Waals surface area (Å²) >= 11 is 1.13. The van der Waals surface area contributed by atoms with Gasteiger partial charge in [0.15, 0.2) is 5.13 Å². The number of nitrogen functional groups attached to an aromatic ring is 1. The summed E-state index contributed by atoms with van der Waals surface area (Å²) in [6.45, 7) is 0. The van der Waals surface area contributed by atoms with Crippen LogP contribution in [0.2, 0.25) is 0 Å². The maximum atomic E-state index is 12.9. The van der Waals surface area contributed by atoms with E-state index < -0.39 is 5.82 Å². The molecule has 22 heavy (non-hydrogen) atoms. The second kappa shape index (κ2) is 5.90. The molecule has 110 valence electrons. The number of pyridine rings is 1. The Labute approximate surface area is 129 Å². The number of ketones is 1. The van der Waals surface area contributed by atoms with Crippen LogP contribution < -0.4 is 11.1 Å². The van der Waals surface area contributed by atoms with Crippen molar-refractivity contribution in [1.82, 2.24) is 9.97 Å². The van der Waals surface area contributed by atoms with Crippen LogP contribution >= 0.6 is 11.3 Å². The van der Waals surface area contributed by atoms with Crippen molar-refractivity contribution in [2.75, 3.05) is 11.1 Å². The van der Waals surface area contributed by atoms with E-state index in [1.165, 1.54) is 24.3 Å². The van der Waals surface area contributed by atoms with Crippen molar-refractivity contribution < 1.29 is 9.18 Å². The number of halogens is 1. The van der Waals surface area contributed by atoms with Gasteiger partial charge in [-0.3, -0.25) is 4.79 Å². The van der Waals surface area contributed by atoms with E-state index in [-0.39, 0.29) is 11.6 Å². The molecule has 0 amide bonds. The molecule has 0 bridgehead atoms. The number of thiazole rings is 1. The van der Waals surface area contributed by atoms with E-state index in [1.807, 2.05) is 6.07 Å². The first-order valence-corrected chi connectivity index (χ1v) is 7.20. The zero-order valence-corrected chi connectivity index (χ0v) is 12.1. The highest BCUT2D eigenvalue weighted by Gasteiger charge is 2.18. The summed E-state index contributed by atoms with van der Waals surface area (Å²) in [5.74, 6) is 0.0604. The predicted octanol–water partition coefficient (Wildman–Crippen LogP) is 3.23. The van der Waals surface area contributed by atoms with Crippen LogP contribution in [0.1, 0.15) is 15.2 Å². The van der Waals surface area contributed by atoms with Gasteiger partial charge in [-0.2, -0.15) is 0 Å². The molecular formula is C15H11FN4OS. The molecule has 0 aliphatic rings. The van der Waals surface area contributed by atoms with E-state index in [0.717, 1.165) is 11.3 Å². The van der Waals surface area contributed by atoms with Crippen LogP contribution in [0, 0.1) is 5.82 Å². The highest BCUT2D eigenvalue weighted by atomic mass is 32.1. The molecule has 1 aromatic carbocycles. The molecule has 0 aliphatic heterocycles. The first-order chi connectivity index (χ1) is 10.6. The van der Waals surface area contributed by atoms with Crippen LogP contribution in [0.3, 0.4) is 0 Å². The fourth-order valence-corrected chi connectivity index (χ4v) is 2.68. The average molecular weight is 314 g/mol. The molecule has 0 saturated carbocycles. The number of benzene rings is 1. The fourth-order valence-electron chi connectivity index (χ4n) is 1.83. The van der Waals surface area contributed by atoms with Crippen molar-refractivity contribution in [1.29, 1.82) is 0 Å². The van der Waals surface area contributed by atoms with Gasteiger partial charge >= 0.3 is 0 Å². The van der Waals surface area contributed by atoms with Crippen LogP contribution in [0.5, 0.6) is 0 Å². The van der Waals surface area contributed by atoms with Crippen molar-refractivity contribution in [3.8, 4) is 0 Å². The number of rotatable bonds is 4. The summed E-state index contributed by atoms with van der Waals surface area (Å²) in [7, 11) is 0. The molecule has 0 saturated heterocycles. The Hall–Kier alpha value is -2.80. The van der Waals surface area contributed by atoms with Gasteiger partial charge in [0, 0.05) is 11.8 Å². The zero-order valence-electron chi connectivity index (χ0n) is 11.3. The quantitative estimate of drug-likeness (QED) is 0.723. The molecule has 0 spiro atoms. The van der Waals surface area contributed by atoms with Gasteiger partial charge in [-0.25, -0.2) is 14.4 Å². The van der Waals surface area contributed by atoms with Crippen molar-refractivity contribution >= 4 is 33.9 Å². The molecule has 0 fully saturated rings. The Bertz CT molecular complexity index is 802. The lowest BCUT2D eigenvalue weighted by Crippen LogP contribution is -2.02. The van der Waals surface area contributed by atoms with Gasteiger partial charge in [0.2, 0.25) is 5.78 Å². The zero-order chi connectivity index (χ0) is 15.5. The van der Waals surface area contributed by atoms with Crippen LogP contribution in [0.4, 0.5) is 21.2 Å². The fraction of sp³-hybridized carbons (Fsp3) is 0. The minimum atomic E-state index is -0.397. The van der Waals surface area contributed by atoms with E-state index in [4.69, 9.17) is 5.73 Å². The third-order valence-electron chi connectivity index (χ3n) is 2.87. The molecule has 7 heteroatoms. The van der Waals surface area contributed by atoms with E-state index in [1.54, 1.807) is 18.3 Å². The Morgan fingerprint density at radius 2 is 1.95 bits per heavy atom.